The van der Waals surface area contributed by atoms with Crippen LogP contribution in [0.25, 0.3) is 0 Å². The van der Waals surface area contributed by atoms with Crippen LogP contribution in [0.2, 0.25) is 0 Å². The van der Waals surface area contributed by atoms with Crippen LogP contribution in [0.1, 0.15) is 43.0 Å². The monoisotopic (exact) mass is 498 g/mol. The van der Waals surface area contributed by atoms with E-state index < -0.39 is 21.8 Å². The third-order valence-corrected chi connectivity index (χ3v) is 8.20. The Morgan fingerprint density at radius 3 is 2.34 bits per heavy atom. The summed E-state index contributed by atoms with van der Waals surface area (Å²) in [6, 6.07) is 12.7. The molecule has 0 aromatic heterocycles. The first kappa shape index (κ1) is 24.9. The second kappa shape index (κ2) is 10.6. The van der Waals surface area contributed by atoms with E-state index in [0.29, 0.717) is 43.2 Å². The zero-order chi connectivity index (χ0) is 25.0. The minimum absolute atomic E-state index is 0.0746. The van der Waals surface area contributed by atoms with Crippen molar-refractivity contribution in [1.29, 1.82) is 0 Å². The molecule has 2 saturated heterocycles. The molecule has 0 spiro atoms. The topological polar surface area (TPSA) is 116 Å². The molecule has 0 bridgehead atoms. The summed E-state index contributed by atoms with van der Waals surface area (Å²) >= 11 is 0. The van der Waals surface area contributed by atoms with Gasteiger partial charge in [0.25, 0.3) is 5.91 Å². The lowest BCUT2D eigenvalue weighted by Gasteiger charge is -2.30. The quantitative estimate of drug-likeness (QED) is 0.609. The van der Waals surface area contributed by atoms with Crippen LogP contribution in [0, 0.1) is 5.92 Å². The summed E-state index contributed by atoms with van der Waals surface area (Å²) in [4.78, 5) is 38.4. The van der Waals surface area contributed by atoms with Crippen LogP contribution in [0.3, 0.4) is 0 Å². The van der Waals surface area contributed by atoms with Crippen molar-refractivity contribution in [3.8, 4) is 0 Å². The van der Waals surface area contributed by atoms with Gasteiger partial charge < -0.3 is 15.5 Å². The fraction of sp³-hybridized carbons (Fsp3) is 0.400. The molecule has 10 heteroatoms. The van der Waals surface area contributed by atoms with Gasteiger partial charge in [-0.25, -0.2) is 8.42 Å². The maximum atomic E-state index is 12.9. The van der Waals surface area contributed by atoms with Gasteiger partial charge >= 0.3 is 0 Å². The first-order valence-electron chi connectivity index (χ1n) is 11.8. The minimum atomic E-state index is -3.56. The summed E-state index contributed by atoms with van der Waals surface area (Å²) in [6.07, 6.45) is 3.24. The summed E-state index contributed by atoms with van der Waals surface area (Å²) in [5.41, 5.74) is 1.58. The van der Waals surface area contributed by atoms with E-state index >= 15 is 0 Å². The highest BCUT2D eigenvalue weighted by Crippen LogP contribution is 2.24. The molecule has 2 aromatic carbocycles. The Balaban J connectivity index is 1.28. The molecule has 0 radical (unpaired) electrons. The zero-order valence-electron chi connectivity index (χ0n) is 19.7. The Labute approximate surface area is 205 Å². The van der Waals surface area contributed by atoms with Gasteiger partial charge in [-0.15, -0.1) is 0 Å². The van der Waals surface area contributed by atoms with Crippen LogP contribution in [-0.4, -0.2) is 56.6 Å². The standard InChI is InChI=1S/C25H30N4O5S/c1-18-4-2-14-28(17-18)35(33,34)22-12-8-20(9-13-22)27-23(30)16-26-25(32)19-6-10-21(11-7-19)29-15-3-5-24(29)31/h6-13,18H,2-5,14-17H2,1H3,(H,26,32)(H,27,30)/t18-/m0/s1. The van der Waals surface area contributed by atoms with Crippen molar-refractivity contribution in [1.82, 2.24) is 9.62 Å². The SMILES string of the molecule is C[C@H]1CCCN(S(=O)(=O)c2ccc(NC(=O)CNC(=O)c3ccc(N4CCCC4=O)cc3)cc2)C1. The van der Waals surface area contributed by atoms with Gasteiger partial charge in [-0.3, -0.25) is 14.4 Å². The van der Waals surface area contributed by atoms with Gasteiger partial charge in [-0.05, 0) is 73.7 Å². The van der Waals surface area contributed by atoms with Crippen LogP contribution >= 0.6 is 0 Å². The summed E-state index contributed by atoms with van der Waals surface area (Å²) in [5, 5.41) is 5.22. The Hall–Kier alpha value is -3.24. The van der Waals surface area contributed by atoms with Crippen LogP contribution < -0.4 is 15.5 Å². The average molecular weight is 499 g/mol. The first-order valence-corrected chi connectivity index (χ1v) is 13.3. The van der Waals surface area contributed by atoms with E-state index in [4.69, 9.17) is 0 Å². The number of nitrogens with zero attached hydrogens (tertiary/aromatic N) is 2. The van der Waals surface area contributed by atoms with Crippen LogP contribution in [0.4, 0.5) is 11.4 Å². The summed E-state index contributed by atoms with van der Waals surface area (Å²) in [7, 11) is -3.56. The largest absolute Gasteiger partial charge is 0.343 e. The van der Waals surface area contributed by atoms with Gasteiger partial charge in [0.15, 0.2) is 0 Å². The number of carbonyl (C=O) groups excluding carboxylic acids is 3. The van der Waals surface area contributed by atoms with Crippen molar-refractivity contribution in [2.45, 2.75) is 37.5 Å². The second-order valence-electron chi connectivity index (χ2n) is 9.06. The summed E-state index contributed by atoms with van der Waals surface area (Å²) < 4.78 is 27.2. The number of amides is 3. The van der Waals surface area contributed by atoms with Crippen LogP contribution in [0.5, 0.6) is 0 Å². The molecule has 35 heavy (non-hydrogen) atoms. The normalized spacial score (nSPS) is 18.9. The number of carbonyl (C=O) groups is 3. The van der Waals surface area contributed by atoms with Crippen molar-refractivity contribution >= 4 is 39.1 Å². The van der Waals surface area contributed by atoms with Crippen LogP contribution in [-0.2, 0) is 19.6 Å². The summed E-state index contributed by atoms with van der Waals surface area (Å²) in [6.45, 7) is 3.51. The van der Waals surface area contributed by atoms with Crippen molar-refractivity contribution < 1.29 is 22.8 Å². The van der Waals surface area contributed by atoms with Gasteiger partial charge in [0.1, 0.15) is 0 Å². The molecule has 0 unspecified atom stereocenters. The molecule has 2 fully saturated rings. The maximum Gasteiger partial charge on any atom is 0.251 e. The Morgan fingerprint density at radius 2 is 1.71 bits per heavy atom. The van der Waals surface area contributed by atoms with E-state index in [2.05, 4.69) is 10.6 Å². The van der Waals surface area contributed by atoms with Crippen LogP contribution in [0.15, 0.2) is 53.4 Å². The van der Waals surface area contributed by atoms with E-state index in [-0.39, 0.29) is 17.3 Å². The fourth-order valence-corrected chi connectivity index (χ4v) is 6.00. The van der Waals surface area contributed by atoms with Crippen molar-refractivity contribution in [2.24, 2.45) is 5.92 Å². The molecular formula is C25H30N4O5S. The third-order valence-electron chi connectivity index (χ3n) is 6.32. The lowest BCUT2D eigenvalue weighted by Crippen LogP contribution is -2.39. The molecule has 1 atom stereocenters. The smallest absolute Gasteiger partial charge is 0.251 e. The number of anilines is 2. The van der Waals surface area contributed by atoms with Gasteiger partial charge in [-0.2, -0.15) is 4.31 Å². The van der Waals surface area contributed by atoms with E-state index in [1.165, 1.54) is 16.4 Å². The number of piperidine rings is 1. The average Bonchev–Trinajstić information content (AvgIpc) is 3.29. The highest BCUT2D eigenvalue weighted by atomic mass is 32.2. The fourth-order valence-electron chi connectivity index (χ4n) is 4.41. The summed E-state index contributed by atoms with van der Waals surface area (Å²) in [5.74, 6) is -0.431. The lowest BCUT2D eigenvalue weighted by molar-refractivity contribution is -0.117. The predicted molar refractivity (Wildman–Crippen MR) is 133 cm³/mol. The number of hydrogen-bond donors (Lipinski definition) is 2. The van der Waals surface area contributed by atoms with Crippen molar-refractivity contribution in [3.63, 3.8) is 0 Å². The lowest BCUT2D eigenvalue weighted by atomic mass is 10.0. The van der Waals surface area contributed by atoms with Gasteiger partial charge in [0.2, 0.25) is 21.8 Å². The van der Waals surface area contributed by atoms with Crippen molar-refractivity contribution in [3.05, 3.63) is 54.1 Å². The second-order valence-corrected chi connectivity index (χ2v) is 11.0. The molecule has 2 aliphatic heterocycles. The highest BCUT2D eigenvalue weighted by Gasteiger charge is 2.28. The Morgan fingerprint density at radius 1 is 1.00 bits per heavy atom. The third kappa shape index (κ3) is 5.88. The molecule has 2 aromatic rings. The van der Waals surface area contributed by atoms with Gasteiger partial charge in [0.05, 0.1) is 11.4 Å². The van der Waals surface area contributed by atoms with Crippen molar-refractivity contribution in [2.75, 3.05) is 36.4 Å². The molecule has 0 saturated carbocycles. The predicted octanol–water partition coefficient (Wildman–Crippen LogP) is 2.60. The zero-order valence-corrected chi connectivity index (χ0v) is 20.5. The highest BCUT2D eigenvalue weighted by molar-refractivity contribution is 7.89. The molecule has 186 valence electrons. The minimum Gasteiger partial charge on any atom is -0.343 e. The van der Waals surface area contributed by atoms with E-state index in [1.807, 2.05) is 6.92 Å². The van der Waals surface area contributed by atoms with E-state index in [9.17, 15) is 22.8 Å². The molecule has 2 aliphatic rings. The maximum absolute atomic E-state index is 12.9. The van der Waals surface area contributed by atoms with Gasteiger partial charge in [-0.1, -0.05) is 6.92 Å². The van der Waals surface area contributed by atoms with E-state index in [0.717, 1.165) is 24.9 Å². The molecule has 4 rings (SSSR count). The molecule has 2 heterocycles. The molecule has 2 N–H and O–H groups in total. The van der Waals surface area contributed by atoms with E-state index in [1.54, 1.807) is 41.3 Å². The Bertz CT molecular complexity index is 1200. The number of rotatable bonds is 7. The molecule has 0 aliphatic carbocycles. The molecular weight excluding hydrogens is 468 g/mol. The number of sulfonamides is 1. The Kier molecular flexibility index (Phi) is 7.51. The van der Waals surface area contributed by atoms with Gasteiger partial charge in [0, 0.05) is 43.0 Å². The number of benzene rings is 2. The number of nitrogens with one attached hydrogen (secondary N) is 2. The number of hydrogen-bond acceptors (Lipinski definition) is 5. The molecule has 9 nitrogen and oxygen atoms in total. The molecule has 3 amide bonds. The first-order chi connectivity index (χ1) is 16.7.